The molecule has 1 aliphatic heterocycles. The van der Waals surface area contributed by atoms with Crippen LogP contribution in [0, 0.1) is 24.2 Å². The minimum absolute atomic E-state index is 0.127. The summed E-state index contributed by atoms with van der Waals surface area (Å²) in [5.74, 6) is 1.02. The second-order valence-electron chi connectivity index (χ2n) is 9.55. The quantitative estimate of drug-likeness (QED) is 0.751. The summed E-state index contributed by atoms with van der Waals surface area (Å²) in [6.07, 6.45) is 2.38. The van der Waals surface area contributed by atoms with Crippen LogP contribution < -0.4 is 0 Å². The van der Waals surface area contributed by atoms with Gasteiger partial charge in [-0.3, -0.25) is 9.59 Å². The van der Waals surface area contributed by atoms with Crippen LogP contribution in [0.5, 0.6) is 0 Å². The molecule has 0 unspecified atom stereocenters. The molecule has 4 nitrogen and oxygen atoms in total. The molecular weight excluding hydrogens is 372 g/mol. The Labute approximate surface area is 179 Å². The highest BCUT2D eigenvalue weighted by Gasteiger charge is 2.50. The van der Waals surface area contributed by atoms with Crippen LogP contribution in [0.3, 0.4) is 0 Å². The monoisotopic (exact) mass is 404 g/mol. The normalized spacial score (nSPS) is 25.3. The van der Waals surface area contributed by atoms with Crippen LogP contribution >= 0.6 is 0 Å². The maximum atomic E-state index is 13.3. The van der Waals surface area contributed by atoms with E-state index in [-0.39, 0.29) is 17.7 Å². The summed E-state index contributed by atoms with van der Waals surface area (Å²) in [5.41, 5.74) is 4.20. The van der Waals surface area contributed by atoms with Crippen molar-refractivity contribution < 1.29 is 9.59 Å². The first-order valence-electron chi connectivity index (χ1n) is 11.0. The summed E-state index contributed by atoms with van der Waals surface area (Å²) in [6, 6.07) is 17.0. The third kappa shape index (κ3) is 4.00. The van der Waals surface area contributed by atoms with E-state index in [0.29, 0.717) is 25.4 Å². The number of benzene rings is 2. The fraction of sp³-hybridized carbons (Fsp3) is 0.462. The second-order valence-corrected chi connectivity index (χ2v) is 9.55. The first-order chi connectivity index (χ1) is 14.3. The molecule has 2 amide bonds. The van der Waals surface area contributed by atoms with Crippen molar-refractivity contribution >= 4 is 11.8 Å². The zero-order valence-corrected chi connectivity index (χ0v) is 18.5. The zero-order valence-electron chi connectivity index (χ0n) is 18.5. The number of hydrogen-bond donors (Lipinski definition) is 0. The Hall–Kier alpha value is -2.62. The van der Waals surface area contributed by atoms with Gasteiger partial charge in [-0.15, -0.1) is 0 Å². The Morgan fingerprint density at radius 3 is 2.43 bits per heavy atom. The molecule has 2 aromatic rings. The maximum absolute atomic E-state index is 13.3. The van der Waals surface area contributed by atoms with Gasteiger partial charge < -0.3 is 9.80 Å². The van der Waals surface area contributed by atoms with E-state index in [1.165, 1.54) is 11.1 Å². The van der Waals surface area contributed by atoms with Gasteiger partial charge in [0.15, 0.2) is 0 Å². The van der Waals surface area contributed by atoms with Crippen LogP contribution in [0.1, 0.15) is 30.9 Å². The van der Waals surface area contributed by atoms with Crippen LogP contribution in [0.2, 0.25) is 0 Å². The lowest BCUT2D eigenvalue weighted by atomic mass is 9.79. The summed E-state index contributed by atoms with van der Waals surface area (Å²) < 4.78 is 0. The number of rotatable bonds is 5. The molecule has 2 fully saturated rings. The highest BCUT2D eigenvalue weighted by molar-refractivity contribution is 5.87. The Bertz CT molecular complexity index is 950. The molecule has 158 valence electrons. The van der Waals surface area contributed by atoms with E-state index in [4.69, 9.17) is 0 Å². The standard InChI is InChI=1S/C26H32N2O2/c1-18-8-10-21(11-9-18)22-7-5-6-20(15-22)16-26(25(30)27(3)4)12-13-28(17-26)24(29)23-14-19(23)2/h5-11,15,19,23H,12-14,16-17H2,1-4H3/t19-,23+,26-/m1/s1. The van der Waals surface area contributed by atoms with Gasteiger partial charge in [0.25, 0.3) is 0 Å². The van der Waals surface area contributed by atoms with Crippen molar-refractivity contribution in [1.82, 2.24) is 9.80 Å². The van der Waals surface area contributed by atoms with E-state index in [9.17, 15) is 9.59 Å². The number of likely N-dealkylation sites (tertiary alicyclic amines) is 1. The first kappa shape index (κ1) is 20.6. The molecule has 0 bridgehead atoms. The van der Waals surface area contributed by atoms with Gasteiger partial charge in [-0.2, -0.15) is 0 Å². The third-order valence-corrected chi connectivity index (χ3v) is 6.81. The Morgan fingerprint density at radius 1 is 1.10 bits per heavy atom. The van der Waals surface area contributed by atoms with Crippen molar-refractivity contribution in [3.8, 4) is 11.1 Å². The van der Waals surface area contributed by atoms with Crippen molar-refractivity contribution in [2.24, 2.45) is 17.3 Å². The van der Waals surface area contributed by atoms with E-state index in [1.54, 1.807) is 4.90 Å². The van der Waals surface area contributed by atoms with E-state index in [1.807, 2.05) is 19.0 Å². The SMILES string of the molecule is Cc1ccc(-c2cccc(C[C@]3(C(=O)N(C)C)CCN(C(=O)[C@H]4C[C@H]4C)C3)c2)cc1. The summed E-state index contributed by atoms with van der Waals surface area (Å²) in [6.45, 7) is 5.43. The van der Waals surface area contributed by atoms with Crippen LogP contribution in [0.4, 0.5) is 0 Å². The number of carbonyl (C=O) groups excluding carboxylic acids is 2. The predicted molar refractivity (Wildman–Crippen MR) is 120 cm³/mol. The Kier molecular flexibility index (Phi) is 5.44. The lowest BCUT2D eigenvalue weighted by Gasteiger charge is -2.31. The van der Waals surface area contributed by atoms with E-state index in [0.717, 1.165) is 24.0 Å². The largest absolute Gasteiger partial charge is 0.348 e. The first-order valence-corrected chi connectivity index (χ1v) is 11.0. The minimum atomic E-state index is -0.539. The molecule has 0 aromatic heterocycles. The Balaban J connectivity index is 1.59. The predicted octanol–water partition coefficient (Wildman–Crippen LogP) is 4.17. The van der Waals surface area contributed by atoms with Crippen LogP contribution in [-0.4, -0.2) is 48.8 Å². The van der Waals surface area contributed by atoms with Gasteiger partial charge in [0.2, 0.25) is 11.8 Å². The number of hydrogen-bond acceptors (Lipinski definition) is 2. The molecule has 1 heterocycles. The van der Waals surface area contributed by atoms with Gasteiger partial charge >= 0.3 is 0 Å². The number of amides is 2. The van der Waals surface area contributed by atoms with Crippen molar-refractivity contribution in [2.75, 3.05) is 27.2 Å². The third-order valence-electron chi connectivity index (χ3n) is 6.81. The van der Waals surface area contributed by atoms with Crippen molar-refractivity contribution in [1.29, 1.82) is 0 Å². The average Bonchev–Trinajstić information content (AvgIpc) is 3.31. The molecule has 0 N–H and O–H groups in total. The number of nitrogens with zero attached hydrogens (tertiary/aromatic N) is 2. The highest BCUT2D eigenvalue weighted by Crippen LogP contribution is 2.43. The molecule has 0 spiro atoms. The fourth-order valence-electron chi connectivity index (χ4n) is 4.83. The summed E-state index contributed by atoms with van der Waals surface area (Å²) in [4.78, 5) is 29.7. The number of aryl methyl sites for hydroxylation is 1. The molecule has 4 rings (SSSR count). The summed E-state index contributed by atoms with van der Waals surface area (Å²) >= 11 is 0. The van der Waals surface area contributed by atoms with Gasteiger partial charge in [0, 0.05) is 33.1 Å². The van der Waals surface area contributed by atoms with Gasteiger partial charge in [-0.25, -0.2) is 0 Å². The molecule has 0 radical (unpaired) electrons. The highest BCUT2D eigenvalue weighted by atomic mass is 16.2. The zero-order chi connectivity index (χ0) is 21.5. The van der Waals surface area contributed by atoms with Crippen LogP contribution in [-0.2, 0) is 16.0 Å². The summed E-state index contributed by atoms with van der Waals surface area (Å²) in [7, 11) is 3.64. The molecule has 3 atom stereocenters. The van der Waals surface area contributed by atoms with Gasteiger partial charge in [0.05, 0.1) is 5.41 Å². The minimum Gasteiger partial charge on any atom is -0.348 e. The Morgan fingerprint density at radius 2 is 1.80 bits per heavy atom. The molecule has 2 aromatic carbocycles. The van der Waals surface area contributed by atoms with Gasteiger partial charge in [-0.05, 0) is 48.8 Å². The van der Waals surface area contributed by atoms with Crippen molar-refractivity contribution in [2.45, 2.75) is 33.1 Å². The smallest absolute Gasteiger partial charge is 0.230 e. The van der Waals surface area contributed by atoms with E-state index in [2.05, 4.69) is 62.4 Å². The maximum Gasteiger partial charge on any atom is 0.230 e. The number of carbonyl (C=O) groups is 2. The topological polar surface area (TPSA) is 40.6 Å². The second kappa shape index (κ2) is 7.90. The van der Waals surface area contributed by atoms with Crippen molar-refractivity contribution in [3.63, 3.8) is 0 Å². The molecule has 2 aliphatic rings. The van der Waals surface area contributed by atoms with Gasteiger partial charge in [-0.1, -0.05) is 61.0 Å². The average molecular weight is 405 g/mol. The molecule has 1 aliphatic carbocycles. The van der Waals surface area contributed by atoms with E-state index >= 15 is 0 Å². The van der Waals surface area contributed by atoms with Gasteiger partial charge in [0.1, 0.15) is 0 Å². The lowest BCUT2D eigenvalue weighted by Crippen LogP contribution is -2.45. The molecule has 1 saturated heterocycles. The summed E-state index contributed by atoms with van der Waals surface area (Å²) in [5, 5.41) is 0. The molecule has 30 heavy (non-hydrogen) atoms. The molecule has 1 saturated carbocycles. The van der Waals surface area contributed by atoms with Crippen LogP contribution in [0.25, 0.3) is 11.1 Å². The van der Waals surface area contributed by atoms with Crippen LogP contribution in [0.15, 0.2) is 48.5 Å². The molecular formula is C26H32N2O2. The fourth-order valence-corrected chi connectivity index (χ4v) is 4.83. The van der Waals surface area contributed by atoms with E-state index < -0.39 is 5.41 Å². The van der Waals surface area contributed by atoms with Crippen molar-refractivity contribution in [3.05, 3.63) is 59.7 Å². The lowest BCUT2D eigenvalue weighted by molar-refractivity contribution is -0.140. The molecule has 4 heteroatoms.